The van der Waals surface area contributed by atoms with Crippen LogP contribution >= 0.6 is 0 Å². The van der Waals surface area contributed by atoms with Crippen molar-refractivity contribution in [2.45, 2.75) is 148 Å². The Labute approximate surface area is 300 Å². The molecule has 4 atom stereocenters. The van der Waals surface area contributed by atoms with Gasteiger partial charge < -0.3 is 26.2 Å². The summed E-state index contributed by atoms with van der Waals surface area (Å²) in [5, 5.41) is 11.2. The smallest absolute Gasteiger partial charge is 0.315 e. The number of nitrogens with zero attached hydrogens (tertiary/aromatic N) is 1. The monoisotopic (exact) mass is 721 g/mol. The number of amides is 5. The molecule has 0 spiro atoms. The zero-order valence-corrected chi connectivity index (χ0v) is 32.5. The highest BCUT2D eigenvalue weighted by Gasteiger charge is 2.48. The van der Waals surface area contributed by atoms with E-state index >= 15 is 0 Å². The molecule has 13 heteroatoms. The Hall–Kier alpha value is -2.96. The molecule has 0 aromatic carbocycles. The number of hydrogen-bond donors (Lipinski definition) is 4. The number of rotatable bonds is 14. The Morgan fingerprint density at radius 2 is 1.56 bits per heavy atom. The van der Waals surface area contributed by atoms with E-state index in [1.54, 1.807) is 20.8 Å². The first kappa shape index (κ1) is 41.5. The summed E-state index contributed by atoms with van der Waals surface area (Å²) in [7, 11) is -3.57. The molecule has 2 aliphatic carbocycles. The first-order chi connectivity index (χ1) is 23.1. The molecule has 284 valence electrons. The highest BCUT2D eigenvalue weighted by Crippen LogP contribution is 2.35. The minimum Gasteiger partial charge on any atom is -0.346 e. The van der Waals surface area contributed by atoms with Gasteiger partial charge in [0.1, 0.15) is 12.1 Å². The van der Waals surface area contributed by atoms with Gasteiger partial charge in [-0.05, 0) is 69.6 Å². The fourth-order valence-electron chi connectivity index (χ4n) is 7.15. The van der Waals surface area contributed by atoms with Crippen LogP contribution in [0.2, 0.25) is 0 Å². The zero-order chi connectivity index (χ0) is 37.7. The fourth-order valence-corrected chi connectivity index (χ4v) is 8.67. The van der Waals surface area contributed by atoms with Crippen LogP contribution in [0.3, 0.4) is 0 Å². The van der Waals surface area contributed by atoms with Gasteiger partial charge in [-0.15, -0.1) is 6.58 Å². The quantitative estimate of drug-likeness (QED) is 0.155. The summed E-state index contributed by atoms with van der Waals surface area (Å²) in [5.41, 5.74) is -1.73. The molecule has 1 unspecified atom stereocenters. The molecule has 1 saturated heterocycles. The van der Waals surface area contributed by atoms with Crippen LogP contribution < -0.4 is 21.3 Å². The number of Topliss-reactive ketones (excluding diaryl/α,β-unsaturated/α-hetero) is 1. The van der Waals surface area contributed by atoms with Gasteiger partial charge in [-0.2, -0.15) is 0 Å². The SMILES string of the molecule is C=CCNC(=O)C(=O)C(CC1CCC1)NC(=O)[C@@H]1C[C@@H](C(C)C)CN1C(=O)[C@@H](NC(=O)NC1(CS(=O)(=O)C(C)(C)C)CCCCC1)C(C)(C)C. The number of nitrogens with one attached hydrogen (secondary N) is 4. The van der Waals surface area contributed by atoms with Crippen molar-refractivity contribution in [1.82, 2.24) is 26.2 Å². The highest BCUT2D eigenvalue weighted by molar-refractivity contribution is 7.92. The maximum absolute atomic E-state index is 14.5. The van der Waals surface area contributed by atoms with E-state index < -0.39 is 73.2 Å². The third-order valence-corrected chi connectivity index (χ3v) is 13.7. The molecule has 12 nitrogen and oxygen atoms in total. The second kappa shape index (κ2) is 16.6. The van der Waals surface area contributed by atoms with E-state index in [1.807, 2.05) is 34.6 Å². The maximum Gasteiger partial charge on any atom is 0.315 e. The standard InChI is InChI=1S/C37H63N5O7S/c1-10-19-38-32(45)29(43)27(20-25-15-14-16-25)39-31(44)28-21-26(24(2)3)22-42(28)33(46)30(35(4,5)6)40-34(47)41-37(17-12-11-13-18-37)23-50(48,49)36(7,8)9/h10,24-28,30H,1,11-23H2,2-9H3,(H,38,45)(H,39,44)(H2,40,41,47)/t26-,27?,28+,30-/m1/s1. The number of carbonyl (C=O) groups is 5. The predicted octanol–water partition coefficient (Wildman–Crippen LogP) is 4.04. The molecule has 50 heavy (non-hydrogen) atoms. The summed E-state index contributed by atoms with van der Waals surface area (Å²) in [4.78, 5) is 69.6. The molecule has 2 saturated carbocycles. The summed E-state index contributed by atoms with van der Waals surface area (Å²) in [5.74, 6) is -2.26. The van der Waals surface area contributed by atoms with Crippen molar-refractivity contribution in [3.05, 3.63) is 12.7 Å². The first-order valence-corrected chi connectivity index (χ1v) is 20.1. The topological polar surface area (TPSA) is 171 Å². The second-order valence-electron chi connectivity index (χ2n) is 17.3. The lowest BCUT2D eigenvalue weighted by Crippen LogP contribution is -2.63. The van der Waals surface area contributed by atoms with Crippen LogP contribution in [0.5, 0.6) is 0 Å². The van der Waals surface area contributed by atoms with Crippen molar-refractivity contribution >= 4 is 39.4 Å². The summed E-state index contributed by atoms with van der Waals surface area (Å²) in [6.45, 7) is 18.5. The predicted molar refractivity (Wildman–Crippen MR) is 195 cm³/mol. The van der Waals surface area contributed by atoms with Gasteiger partial charge in [-0.25, -0.2) is 13.2 Å². The third kappa shape index (κ3) is 10.5. The number of carbonyl (C=O) groups excluding carboxylic acids is 5. The van der Waals surface area contributed by atoms with E-state index in [-0.39, 0.29) is 30.1 Å². The largest absolute Gasteiger partial charge is 0.346 e. The maximum atomic E-state index is 14.5. The number of ketones is 1. The van der Waals surface area contributed by atoms with Gasteiger partial charge in [0.2, 0.25) is 17.6 Å². The average molecular weight is 722 g/mol. The Kier molecular flexibility index (Phi) is 13.8. The minimum absolute atomic E-state index is 0.00562. The van der Waals surface area contributed by atoms with Crippen LogP contribution in [0.15, 0.2) is 12.7 Å². The number of urea groups is 1. The number of sulfone groups is 1. The lowest BCUT2D eigenvalue weighted by molar-refractivity contribution is -0.144. The highest BCUT2D eigenvalue weighted by atomic mass is 32.2. The normalized spacial score (nSPS) is 22.5. The minimum atomic E-state index is -3.57. The summed E-state index contributed by atoms with van der Waals surface area (Å²) >= 11 is 0. The summed E-state index contributed by atoms with van der Waals surface area (Å²) < 4.78 is 25.6. The van der Waals surface area contributed by atoms with Gasteiger partial charge in [0, 0.05) is 13.1 Å². The lowest BCUT2D eigenvalue weighted by Gasteiger charge is -2.41. The van der Waals surface area contributed by atoms with Crippen LogP contribution in [0.1, 0.15) is 120 Å². The van der Waals surface area contributed by atoms with Crippen LogP contribution in [0, 0.1) is 23.2 Å². The molecular weight excluding hydrogens is 659 g/mol. The van der Waals surface area contributed by atoms with E-state index in [0.29, 0.717) is 32.2 Å². The molecule has 0 aromatic heterocycles. The van der Waals surface area contributed by atoms with E-state index in [2.05, 4.69) is 27.8 Å². The molecule has 1 aliphatic heterocycles. The van der Waals surface area contributed by atoms with Gasteiger partial charge in [0.25, 0.3) is 5.91 Å². The Bertz CT molecular complexity index is 1370. The molecule has 0 radical (unpaired) electrons. The molecule has 0 aromatic rings. The van der Waals surface area contributed by atoms with Crippen LogP contribution in [0.25, 0.3) is 0 Å². The molecule has 3 fully saturated rings. The second-order valence-corrected chi connectivity index (χ2v) is 20.1. The van der Waals surface area contributed by atoms with Gasteiger partial charge >= 0.3 is 6.03 Å². The van der Waals surface area contributed by atoms with Crippen molar-refractivity contribution in [3.8, 4) is 0 Å². The molecule has 3 rings (SSSR count). The van der Waals surface area contributed by atoms with E-state index in [0.717, 1.165) is 38.5 Å². The summed E-state index contributed by atoms with van der Waals surface area (Å²) in [6, 6.07) is -3.59. The zero-order valence-electron chi connectivity index (χ0n) is 31.7. The average Bonchev–Trinajstić information content (AvgIpc) is 3.44. The van der Waals surface area contributed by atoms with Crippen molar-refractivity contribution in [2.24, 2.45) is 23.2 Å². The third-order valence-electron chi connectivity index (χ3n) is 10.9. The Balaban J connectivity index is 1.86. The van der Waals surface area contributed by atoms with Crippen molar-refractivity contribution in [1.29, 1.82) is 0 Å². The van der Waals surface area contributed by atoms with Crippen LogP contribution in [-0.4, -0.2) is 90.1 Å². The van der Waals surface area contributed by atoms with Gasteiger partial charge in [-0.3, -0.25) is 19.2 Å². The van der Waals surface area contributed by atoms with E-state index in [4.69, 9.17) is 0 Å². The van der Waals surface area contributed by atoms with Gasteiger partial charge in [0.15, 0.2) is 9.84 Å². The first-order valence-electron chi connectivity index (χ1n) is 18.5. The Morgan fingerprint density at radius 1 is 0.940 bits per heavy atom. The molecule has 4 N–H and O–H groups in total. The number of hydrogen-bond acceptors (Lipinski definition) is 7. The Morgan fingerprint density at radius 3 is 2.06 bits per heavy atom. The number of likely N-dealkylation sites (tertiary alicyclic amines) is 1. The van der Waals surface area contributed by atoms with Gasteiger partial charge in [-0.1, -0.05) is 79.2 Å². The van der Waals surface area contributed by atoms with Crippen molar-refractivity contribution in [2.75, 3.05) is 18.8 Å². The lowest BCUT2D eigenvalue weighted by atomic mass is 9.80. The molecular formula is C37H63N5O7S. The fraction of sp³-hybridized carbons (Fsp3) is 0.811. The van der Waals surface area contributed by atoms with Crippen molar-refractivity contribution < 1.29 is 32.4 Å². The van der Waals surface area contributed by atoms with E-state index in [1.165, 1.54) is 11.0 Å². The van der Waals surface area contributed by atoms with Crippen molar-refractivity contribution in [3.63, 3.8) is 0 Å². The van der Waals surface area contributed by atoms with E-state index in [9.17, 15) is 32.4 Å². The van der Waals surface area contributed by atoms with Crippen LogP contribution in [-0.2, 0) is 29.0 Å². The molecule has 5 amide bonds. The molecule has 1 heterocycles. The van der Waals surface area contributed by atoms with Crippen LogP contribution in [0.4, 0.5) is 4.79 Å². The summed E-state index contributed by atoms with van der Waals surface area (Å²) in [6.07, 6.45) is 8.61. The van der Waals surface area contributed by atoms with Gasteiger partial charge in [0.05, 0.1) is 22.1 Å². The molecule has 3 aliphatic rings. The molecule has 0 bridgehead atoms.